The number of nitrogens with two attached hydrogens (primary N) is 2. The number of rotatable bonds is 3. The molecule has 18 heavy (non-hydrogen) atoms. The highest BCUT2D eigenvalue weighted by Gasteiger charge is 2.42. The van der Waals surface area contributed by atoms with Crippen LogP contribution in [0.15, 0.2) is 35.4 Å². The molecular formula is C11H10N4O3. The van der Waals surface area contributed by atoms with E-state index < -0.39 is 23.5 Å². The van der Waals surface area contributed by atoms with Gasteiger partial charge in [-0.05, 0) is 12.1 Å². The SMILES string of the molecule is NC(=O)C(=O)[C@@H]1C(=O)N(c2ccccc2)N=C1N. The molecule has 2 rings (SSSR count). The molecule has 1 aromatic carbocycles. The van der Waals surface area contributed by atoms with Gasteiger partial charge in [0, 0.05) is 0 Å². The number of hydrogen-bond acceptors (Lipinski definition) is 5. The van der Waals surface area contributed by atoms with Gasteiger partial charge in [0.15, 0.2) is 5.92 Å². The summed E-state index contributed by atoms with van der Waals surface area (Å²) in [5, 5.41) is 4.76. The number of carbonyl (C=O) groups is 3. The second-order valence-electron chi connectivity index (χ2n) is 3.67. The first-order valence-electron chi connectivity index (χ1n) is 5.09. The number of primary amides is 1. The number of amides is 2. The Bertz CT molecular complexity index is 553. The highest BCUT2D eigenvalue weighted by atomic mass is 16.2. The minimum atomic E-state index is -1.41. The lowest BCUT2D eigenvalue weighted by molar-refractivity contribution is -0.139. The van der Waals surface area contributed by atoms with Crippen LogP contribution in [0.1, 0.15) is 0 Å². The first kappa shape index (κ1) is 11.8. The maximum absolute atomic E-state index is 12.0. The van der Waals surface area contributed by atoms with Crippen LogP contribution in [0.4, 0.5) is 5.69 Å². The van der Waals surface area contributed by atoms with Crippen molar-refractivity contribution in [1.82, 2.24) is 0 Å². The van der Waals surface area contributed by atoms with Gasteiger partial charge in [-0.2, -0.15) is 10.1 Å². The van der Waals surface area contributed by atoms with E-state index in [1.54, 1.807) is 30.3 Å². The highest BCUT2D eigenvalue weighted by molar-refractivity contribution is 6.47. The van der Waals surface area contributed by atoms with Crippen molar-refractivity contribution in [3.63, 3.8) is 0 Å². The van der Waals surface area contributed by atoms with Gasteiger partial charge in [0.05, 0.1) is 5.69 Å². The maximum Gasteiger partial charge on any atom is 0.286 e. The molecule has 0 radical (unpaired) electrons. The van der Waals surface area contributed by atoms with Gasteiger partial charge in [-0.15, -0.1) is 0 Å². The van der Waals surface area contributed by atoms with Crippen LogP contribution in [-0.4, -0.2) is 23.4 Å². The Morgan fingerprint density at radius 1 is 1.22 bits per heavy atom. The lowest BCUT2D eigenvalue weighted by Crippen LogP contribution is -2.41. The zero-order valence-corrected chi connectivity index (χ0v) is 9.24. The molecule has 0 spiro atoms. The van der Waals surface area contributed by atoms with E-state index in [1.807, 2.05) is 0 Å². The number of carbonyl (C=O) groups excluding carboxylic acids is 3. The number of ketones is 1. The van der Waals surface area contributed by atoms with Gasteiger partial charge in [-0.1, -0.05) is 18.2 Å². The lowest BCUT2D eigenvalue weighted by Gasteiger charge is -2.12. The fourth-order valence-corrected chi connectivity index (χ4v) is 1.61. The van der Waals surface area contributed by atoms with Crippen LogP contribution < -0.4 is 16.5 Å². The number of Topliss-reactive ketones (excluding diaryl/α,β-unsaturated/α-hetero) is 1. The van der Waals surface area contributed by atoms with Crippen LogP contribution >= 0.6 is 0 Å². The normalized spacial score (nSPS) is 18.7. The minimum absolute atomic E-state index is 0.229. The summed E-state index contributed by atoms with van der Waals surface area (Å²) in [7, 11) is 0. The van der Waals surface area contributed by atoms with Crippen molar-refractivity contribution in [3.8, 4) is 0 Å². The Balaban J connectivity index is 2.33. The molecule has 0 fully saturated rings. The van der Waals surface area contributed by atoms with Gasteiger partial charge >= 0.3 is 0 Å². The van der Waals surface area contributed by atoms with Gasteiger partial charge in [0.2, 0.25) is 5.78 Å². The van der Waals surface area contributed by atoms with Crippen LogP contribution in [0.5, 0.6) is 0 Å². The van der Waals surface area contributed by atoms with Crippen molar-refractivity contribution < 1.29 is 14.4 Å². The second-order valence-corrected chi connectivity index (χ2v) is 3.67. The number of amidine groups is 1. The summed E-state index contributed by atoms with van der Waals surface area (Å²) in [5.74, 6) is -4.58. The van der Waals surface area contributed by atoms with Crippen LogP contribution in [0.2, 0.25) is 0 Å². The summed E-state index contributed by atoms with van der Waals surface area (Å²) in [5.41, 5.74) is 10.8. The molecule has 2 amide bonds. The third-order valence-corrected chi connectivity index (χ3v) is 2.47. The fourth-order valence-electron chi connectivity index (χ4n) is 1.61. The van der Waals surface area contributed by atoms with Gasteiger partial charge < -0.3 is 11.5 Å². The molecule has 92 valence electrons. The monoisotopic (exact) mass is 246 g/mol. The van der Waals surface area contributed by atoms with Gasteiger partial charge in [0.1, 0.15) is 5.84 Å². The molecule has 4 N–H and O–H groups in total. The van der Waals surface area contributed by atoms with Crippen LogP contribution in [0.3, 0.4) is 0 Å². The molecule has 1 aliphatic heterocycles. The van der Waals surface area contributed by atoms with E-state index in [2.05, 4.69) is 5.10 Å². The average Bonchev–Trinajstić information content (AvgIpc) is 2.65. The van der Waals surface area contributed by atoms with E-state index in [0.29, 0.717) is 5.69 Å². The second kappa shape index (κ2) is 4.28. The van der Waals surface area contributed by atoms with E-state index in [9.17, 15) is 14.4 Å². The third-order valence-electron chi connectivity index (χ3n) is 2.47. The topological polar surface area (TPSA) is 119 Å². The largest absolute Gasteiger partial charge is 0.385 e. The molecule has 1 aromatic rings. The smallest absolute Gasteiger partial charge is 0.286 e. The molecule has 1 aliphatic rings. The lowest BCUT2D eigenvalue weighted by atomic mass is 10.0. The molecule has 1 heterocycles. The minimum Gasteiger partial charge on any atom is -0.385 e. The van der Waals surface area contributed by atoms with Crippen molar-refractivity contribution >= 4 is 29.1 Å². The number of para-hydroxylation sites is 1. The Morgan fingerprint density at radius 3 is 2.39 bits per heavy atom. The number of hydrogen-bond donors (Lipinski definition) is 2. The summed E-state index contributed by atoms with van der Waals surface area (Å²) in [6, 6.07) is 8.44. The summed E-state index contributed by atoms with van der Waals surface area (Å²) in [6.07, 6.45) is 0. The van der Waals surface area contributed by atoms with E-state index >= 15 is 0 Å². The Hall–Kier alpha value is -2.70. The standard InChI is InChI=1S/C11H10N4O3/c12-9-7(8(16)10(13)17)11(18)15(14-9)6-4-2-1-3-5-6/h1-5,7H,(H2,12,14)(H2,13,17)/t7-/m0/s1. The molecule has 7 nitrogen and oxygen atoms in total. The summed E-state index contributed by atoms with van der Waals surface area (Å²) in [4.78, 5) is 34.2. The quantitative estimate of drug-likeness (QED) is 0.523. The Morgan fingerprint density at radius 2 is 1.83 bits per heavy atom. The molecule has 0 saturated carbocycles. The molecular weight excluding hydrogens is 236 g/mol. The zero-order chi connectivity index (χ0) is 13.3. The summed E-state index contributed by atoms with van der Waals surface area (Å²) < 4.78 is 0. The molecule has 0 saturated heterocycles. The first-order valence-corrected chi connectivity index (χ1v) is 5.09. The Labute approximate surface area is 102 Å². The van der Waals surface area contributed by atoms with Crippen molar-refractivity contribution in [3.05, 3.63) is 30.3 Å². The van der Waals surface area contributed by atoms with E-state index in [1.165, 1.54) is 0 Å². The highest BCUT2D eigenvalue weighted by Crippen LogP contribution is 2.22. The van der Waals surface area contributed by atoms with Crippen LogP contribution in [-0.2, 0) is 14.4 Å². The van der Waals surface area contributed by atoms with Gasteiger partial charge in [-0.3, -0.25) is 14.4 Å². The van der Waals surface area contributed by atoms with E-state index in [4.69, 9.17) is 11.5 Å². The fraction of sp³-hybridized carbons (Fsp3) is 0.0909. The van der Waals surface area contributed by atoms with E-state index in [0.717, 1.165) is 5.01 Å². The van der Waals surface area contributed by atoms with Crippen molar-refractivity contribution in [2.24, 2.45) is 22.5 Å². The summed E-state index contributed by atoms with van der Waals surface area (Å²) in [6.45, 7) is 0. The predicted molar refractivity (Wildman–Crippen MR) is 63.2 cm³/mol. The number of anilines is 1. The molecule has 1 atom stereocenters. The van der Waals surface area contributed by atoms with Gasteiger partial charge in [0.25, 0.3) is 11.8 Å². The maximum atomic E-state index is 12.0. The predicted octanol–water partition coefficient (Wildman–Crippen LogP) is -1.02. The van der Waals surface area contributed by atoms with Crippen LogP contribution in [0.25, 0.3) is 0 Å². The number of nitrogens with zero attached hydrogens (tertiary/aromatic N) is 2. The summed E-state index contributed by atoms with van der Waals surface area (Å²) >= 11 is 0. The first-order chi connectivity index (χ1) is 8.52. The van der Waals surface area contributed by atoms with Crippen molar-refractivity contribution in [2.75, 3.05) is 5.01 Å². The van der Waals surface area contributed by atoms with Crippen molar-refractivity contribution in [2.45, 2.75) is 0 Å². The van der Waals surface area contributed by atoms with E-state index in [-0.39, 0.29) is 5.84 Å². The number of benzene rings is 1. The Kier molecular flexibility index (Phi) is 2.80. The molecule has 0 aliphatic carbocycles. The zero-order valence-electron chi connectivity index (χ0n) is 9.24. The molecule has 7 heteroatoms. The number of hydrazone groups is 1. The van der Waals surface area contributed by atoms with Crippen LogP contribution in [0, 0.1) is 5.92 Å². The third kappa shape index (κ3) is 1.81. The van der Waals surface area contributed by atoms with Gasteiger partial charge in [-0.25, -0.2) is 0 Å². The molecule has 0 unspecified atom stereocenters. The van der Waals surface area contributed by atoms with Crippen molar-refractivity contribution in [1.29, 1.82) is 0 Å². The molecule has 0 aromatic heterocycles. The average molecular weight is 246 g/mol. The molecule has 0 bridgehead atoms.